The van der Waals surface area contributed by atoms with Gasteiger partial charge >= 0.3 is 5.79 Å². The molecule has 102 valence electrons. The van der Waals surface area contributed by atoms with Crippen molar-refractivity contribution in [2.75, 3.05) is 19.7 Å². The highest BCUT2D eigenvalue weighted by Crippen LogP contribution is 2.36. The van der Waals surface area contributed by atoms with Gasteiger partial charge in [-0.25, -0.2) is 0 Å². The van der Waals surface area contributed by atoms with Crippen LogP contribution >= 0.6 is 0 Å². The highest BCUT2D eigenvalue weighted by atomic mass is 16.7. The van der Waals surface area contributed by atoms with E-state index in [-0.39, 0.29) is 6.10 Å². The van der Waals surface area contributed by atoms with Crippen LogP contribution in [0, 0.1) is 0 Å². The van der Waals surface area contributed by atoms with Gasteiger partial charge in [0.05, 0.1) is 12.6 Å². The maximum absolute atomic E-state index is 6.07. The first kappa shape index (κ1) is 12.3. The largest absolute Gasteiger partial charge is 0.482 e. The van der Waals surface area contributed by atoms with E-state index in [0.717, 1.165) is 24.7 Å². The number of fused-ring (bicyclic) bond motifs is 1. The zero-order valence-corrected chi connectivity index (χ0v) is 11.2. The molecule has 1 atom stereocenters. The van der Waals surface area contributed by atoms with E-state index in [9.17, 15) is 0 Å². The van der Waals surface area contributed by atoms with E-state index in [4.69, 9.17) is 14.2 Å². The molecule has 0 radical (unpaired) electrons. The summed E-state index contributed by atoms with van der Waals surface area (Å²) in [6.45, 7) is 5.80. The van der Waals surface area contributed by atoms with Gasteiger partial charge in [-0.1, -0.05) is 12.1 Å². The monoisotopic (exact) mass is 262 g/mol. The van der Waals surface area contributed by atoms with Gasteiger partial charge < -0.3 is 19.5 Å². The van der Waals surface area contributed by atoms with Crippen molar-refractivity contribution in [2.24, 2.45) is 4.99 Å². The minimum absolute atomic E-state index is 0.0129. The van der Waals surface area contributed by atoms with Gasteiger partial charge in [0.1, 0.15) is 0 Å². The lowest BCUT2D eigenvalue weighted by atomic mass is 10.2. The summed E-state index contributed by atoms with van der Waals surface area (Å²) in [5, 5.41) is 3.22. The van der Waals surface area contributed by atoms with E-state index in [0.29, 0.717) is 12.4 Å². The smallest absolute Gasteiger partial charge is 0.304 e. The number of aliphatic imine (C=N–C) groups is 1. The number of rotatable bonds is 3. The minimum atomic E-state index is -0.959. The lowest BCUT2D eigenvalue weighted by Crippen LogP contribution is -2.58. The SMILES string of the molecule is CC(C)OC1(C2=NCCN2)COc2ccccc2O1. The van der Waals surface area contributed by atoms with Crippen molar-refractivity contribution in [3.8, 4) is 11.5 Å². The average Bonchev–Trinajstić information content (AvgIpc) is 2.92. The van der Waals surface area contributed by atoms with Crippen molar-refractivity contribution in [1.82, 2.24) is 5.32 Å². The number of para-hydroxylation sites is 2. The molecule has 2 aliphatic rings. The Balaban J connectivity index is 1.94. The molecule has 0 spiro atoms. The van der Waals surface area contributed by atoms with Crippen molar-refractivity contribution >= 4 is 5.84 Å². The van der Waals surface area contributed by atoms with E-state index in [1.165, 1.54) is 0 Å². The van der Waals surface area contributed by atoms with Crippen molar-refractivity contribution in [3.63, 3.8) is 0 Å². The first-order chi connectivity index (χ1) is 9.20. The van der Waals surface area contributed by atoms with Crippen LogP contribution in [0.25, 0.3) is 0 Å². The Bertz CT molecular complexity index is 501. The summed E-state index contributed by atoms with van der Waals surface area (Å²) in [7, 11) is 0. The second-order valence-electron chi connectivity index (χ2n) is 4.91. The Morgan fingerprint density at radius 2 is 2.11 bits per heavy atom. The van der Waals surface area contributed by atoms with Crippen molar-refractivity contribution < 1.29 is 14.2 Å². The Labute approximate surface area is 112 Å². The number of amidine groups is 1. The third kappa shape index (κ3) is 2.26. The molecule has 0 saturated heterocycles. The highest BCUT2D eigenvalue weighted by molar-refractivity contribution is 5.91. The van der Waals surface area contributed by atoms with Crippen LogP contribution in [-0.4, -0.2) is 37.4 Å². The summed E-state index contributed by atoms with van der Waals surface area (Å²) in [6.07, 6.45) is 0.0129. The molecule has 0 fully saturated rings. The Hall–Kier alpha value is -1.75. The quantitative estimate of drug-likeness (QED) is 0.898. The van der Waals surface area contributed by atoms with Crippen molar-refractivity contribution in [1.29, 1.82) is 0 Å². The number of nitrogens with zero attached hydrogens (tertiary/aromatic N) is 1. The molecule has 5 heteroatoms. The van der Waals surface area contributed by atoms with Crippen LogP contribution in [0.4, 0.5) is 0 Å². The van der Waals surface area contributed by atoms with Crippen LogP contribution in [0.5, 0.6) is 11.5 Å². The van der Waals surface area contributed by atoms with Crippen LogP contribution in [0.15, 0.2) is 29.3 Å². The molecule has 1 aromatic carbocycles. The first-order valence-corrected chi connectivity index (χ1v) is 6.57. The van der Waals surface area contributed by atoms with Crippen LogP contribution in [0.3, 0.4) is 0 Å². The fourth-order valence-corrected chi connectivity index (χ4v) is 2.30. The molecule has 0 bridgehead atoms. The third-order valence-corrected chi connectivity index (χ3v) is 3.00. The first-order valence-electron chi connectivity index (χ1n) is 6.57. The molecule has 0 aromatic heterocycles. The van der Waals surface area contributed by atoms with E-state index in [1.807, 2.05) is 38.1 Å². The predicted molar refractivity (Wildman–Crippen MR) is 71.8 cm³/mol. The summed E-state index contributed by atoms with van der Waals surface area (Å²) in [5.74, 6) is 1.18. The van der Waals surface area contributed by atoms with Crippen molar-refractivity contribution in [3.05, 3.63) is 24.3 Å². The van der Waals surface area contributed by atoms with E-state index in [2.05, 4.69) is 10.3 Å². The molecule has 0 aliphatic carbocycles. The number of ether oxygens (including phenoxy) is 3. The third-order valence-electron chi connectivity index (χ3n) is 3.00. The maximum atomic E-state index is 6.07. The molecule has 2 heterocycles. The molecule has 3 rings (SSSR count). The van der Waals surface area contributed by atoms with Gasteiger partial charge in [0.2, 0.25) is 0 Å². The summed E-state index contributed by atoms with van der Waals surface area (Å²) in [4.78, 5) is 4.43. The van der Waals surface area contributed by atoms with Gasteiger partial charge in [0, 0.05) is 6.54 Å². The summed E-state index contributed by atoms with van der Waals surface area (Å²) < 4.78 is 17.8. The normalized spacial score (nSPS) is 25.1. The number of benzene rings is 1. The average molecular weight is 262 g/mol. The fourth-order valence-electron chi connectivity index (χ4n) is 2.30. The van der Waals surface area contributed by atoms with Crippen molar-refractivity contribution in [2.45, 2.75) is 25.7 Å². The van der Waals surface area contributed by atoms with Crippen LogP contribution in [0.1, 0.15) is 13.8 Å². The summed E-state index contributed by atoms with van der Waals surface area (Å²) >= 11 is 0. The Morgan fingerprint density at radius 3 is 2.79 bits per heavy atom. The number of nitrogens with one attached hydrogen (secondary N) is 1. The molecular formula is C14H18N2O3. The summed E-state index contributed by atoms with van der Waals surface area (Å²) in [5.41, 5.74) is 0. The second kappa shape index (κ2) is 4.74. The van der Waals surface area contributed by atoms with Crippen LogP contribution in [0.2, 0.25) is 0 Å². The Kier molecular flexibility index (Phi) is 3.06. The molecule has 5 nitrogen and oxygen atoms in total. The topological polar surface area (TPSA) is 52.1 Å². The molecule has 1 N–H and O–H groups in total. The Morgan fingerprint density at radius 1 is 1.32 bits per heavy atom. The van der Waals surface area contributed by atoms with Gasteiger partial charge in [0.25, 0.3) is 0 Å². The summed E-state index contributed by atoms with van der Waals surface area (Å²) in [6, 6.07) is 7.60. The number of hydrogen-bond donors (Lipinski definition) is 1. The number of hydrogen-bond acceptors (Lipinski definition) is 5. The van der Waals surface area contributed by atoms with Gasteiger partial charge in [-0.3, -0.25) is 4.99 Å². The van der Waals surface area contributed by atoms with Gasteiger partial charge in [0.15, 0.2) is 23.9 Å². The molecule has 19 heavy (non-hydrogen) atoms. The molecule has 2 aliphatic heterocycles. The predicted octanol–water partition coefficient (Wildman–Crippen LogP) is 1.58. The van der Waals surface area contributed by atoms with Crippen LogP contribution in [-0.2, 0) is 4.74 Å². The van der Waals surface area contributed by atoms with E-state index < -0.39 is 5.79 Å². The molecule has 1 unspecified atom stereocenters. The van der Waals surface area contributed by atoms with E-state index >= 15 is 0 Å². The highest BCUT2D eigenvalue weighted by Gasteiger charge is 2.46. The molecular weight excluding hydrogens is 244 g/mol. The minimum Gasteiger partial charge on any atom is -0.482 e. The maximum Gasteiger partial charge on any atom is 0.304 e. The van der Waals surface area contributed by atoms with Gasteiger partial charge in [-0.15, -0.1) is 0 Å². The fraction of sp³-hybridized carbons (Fsp3) is 0.500. The van der Waals surface area contributed by atoms with Gasteiger partial charge in [-0.05, 0) is 26.0 Å². The molecule has 1 aromatic rings. The zero-order chi connectivity index (χ0) is 13.3. The van der Waals surface area contributed by atoms with Crippen LogP contribution < -0.4 is 14.8 Å². The van der Waals surface area contributed by atoms with Gasteiger partial charge in [-0.2, -0.15) is 0 Å². The standard InChI is InChI=1S/C14H18N2O3/c1-10(2)18-14(13-15-7-8-16-13)9-17-11-5-3-4-6-12(11)19-14/h3-6,10H,7-9H2,1-2H3,(H,15,16). The molecule has 0 amide bonds. The lowest BCUT2D eigenvalue weighted by molar-refractivity contribution is -0.184. The second-order valence-corrected chi connectivity index (χ2v) is 4.91. The lowest BCUT2D eigenvalue weighted by Gasteiger charge is -2.38. The van der Waals surface area contributed by atoms with E-state index in [1.54, 1.807) is 0 Å². The zero-order valence-electron chi connectivity index (χ0n) is 11.2. The molecule has 0 saturated carbocycles.